The molecule has 0 bridgehead atoms. The van der Waals surface area contributed by atoms with Gasteiger partial charge in [0.1, 0.15) is 0 Å². The van der Waals surface area contributed by atoms with Gasteiger partial charge in [-0.1, -0.05) is 48.5 Å². The summed E-state index contributed by atoms with van der Waals surface area (Å²) in [4.78, 5) is 8.93. The van der Waals surface area contributed by atoms with Gasteiger partial charge in [0.15, 0.2) is 5.65 Å². The predicted molar refractivity (Wildman–Crippen MR) is 111 cm³/mol. The van der Waals surface area contributed by atoms with Crippen LogP contribution in [0.4, 0.5) is 11.6 Å². The Bertz CT molecular complexity index is 1210. The van der Waals surface area contributed by atoms with Crippen molar-refractivity contribution in [2.45, 2.75) is 0 Å². The standard InChI is InChI=1S/C23H17N5/c1-2-6-17(7-3-1)19-11-14-22-26-23(27-28(22)16-19)25-20-12-9-18(10-13-20)21-8-4-5-15-24-21/h1-16H,(H,25,27). The zero-order valence-electron chi connectivity index (χ0n) is 15.0. The Morgan fingerprint density at radius 1 is 0.679 bits per heavy atom. The van der Waals surface area contributed by atoms with E-state index in [1.165, 1.54) is 0 Å². The van der Waals surface area contributed by atoms with Crippen LogP contribution in [-0.4, -0.2) is 19.6 Å². The lowest BCUT2D eigenvalue weighted by Gasteiger charge is -2.04. The van der Waals surface area contributed by atoms with E-state index < -0.39 is 0 Å². The topological polar surface area (TPSA) is 55.1 Å². The Labute approximate surface area is 162 Å². The molecule has 0 spiro atoms. The zero-order chi connectivity index (χ0) is 18.8. The van der Waals surface area contributed by atoms with E-state index in [2.05, 4.69) is 38.6 Å². The van der Waals surface area contributed by atoms with Crippen LogP contribution in [0.1, 0.15) is 0 Å². The minimum Gasteiger partial charge on any atom is -0.323 e. The van der Waals surface area contributed by atoms with Crippen LogP contribution in [0.5, 0.6) is 0 Å². The van der Waals surface area contributed by atoms with Crippen LogP contribution in [0.25, 0.3) is 28.0 Å². The molecule has 0 unspecified atom stereocenters. The first-order valence-corrected chi connectivity index (χ1v) is 9.05. The molecule has 1 N–H and O–H groups in total. The van der Waals surface area contributed by atoms with E-state index in [-0.39, 0.29) is 0 Å². The normalized spacial score (nSPS) is 10.9. The molecule has 0 amide bonds. The maximum absolute atomic E-state index is 4.56. The molecule has 0 saturated carbocycles. The van der Waals surface area contributed by atoms with Gasteiger partial charge in [0, 0.05) is 29.2 Å². The summed E-state index contributed by atoms with van der Waals surface area (Å²) in [5.74, 6) is 0.566. The van der Waals surface area contributed by atoms with Crippen LogP contribution in [0.2, 0.25) is 0 Å². The number of aromatic nitrogens is 4. The third-order valence-electron chi connectivity index (χ3n) is 4.54. The monoisotopic (exact) mass is 363 g/mol. The number of hydrogen-bond acceptors (Lipinski definition) is 4. The van der Waals surface area contributed by atoms with Crippen molar-refractivity contribution in [1.82, 2.24) is 19.6 Å². The minimum atomic E-state index is 0.566. The molecule has 28 heavy (non-hydrogen) atoms. The molecule has 0 aliphatic rings. The summed E-state index contributed by atoms with van der Waals surface area (Å²) in [6.45, 7) is 0. The van der Waals surface area contributed by atoms with E-state index in [0.717, 1.165) is 33.7 Å². The molecule has 0 aliphatic heterocycles. The zero-order valence-corrected chi connectivity index (χ0v) is 15.0. The first-order valence-electron chi connectivity index (χ1n) is 9.05. The summed E-state index contributed by atoms with van der Waals surface area (Å²) in [5, 5.41) is 7.82. The van der Waals surface area contributed by atoms with Crippen LogP contribution in [0.15, 0.2) is 97.3 Å². The van der Waals surface area contributed by atoms with Gasteiger partial charge >= 0.3 is 0 Å². The van der Waals surface area contributed by atoms with Crippen molar-refractivity contribution in [1.29, 1.82) is 0 Å². The van der Waals surface area contributed by atoms with Crippen molar-refractivity contribution < 1.29 is 0 Å². The Hall–Kier alpha value is -3.99. The van der Waals surface area contributed by atoms with Crippen LogP contribution in [0, 0.1) is 0 Å². The van der Waals surface area contributed by atoms with Crippen molar-refractivity contribution in [2.75, 3.05) is 5.32 Å². The highest BCUT2D eigenvalue weighted by Gasteiger charge is 2.06. The number of benzene rings is 2. The number of hydrogen-bond donors (Lipinski definition) is 1. The molecule has 0 saturated heterocycles. The third kappa shape index (κ3) is 3.21. The van der Waals surface area contributed by atoms with E-state index in [1.54, 1.807) is 10.7 Å². The van der Waals surface area contributed by atoms with Crippen LogP contribution in [0.3, 0.4) is 0 Å². The Kier molecular flexibility index (Phi) is 4.03. The second-order valence-electron chi connectivity index (χ2n) is 6.44. The maximum Gasteiger partial charge on any atom is 0.247 e. The second kappa shape index (κ2) is 6.96. The Morgan fingerprint density at radius 2 is 1.46 bits per heavy atom. The van der Waals surface area contributed by atoms with Crippen molar-refractivity contribution in [3.63, 3.8) is 0 Å². The molecule has 2 aromatic carbocycles. The lowest BCUT2D eigenvalue weighted by Crippen LogP contribution is -1.93. The van der Waals surface area contributed by atoms with E-state index in [1.807, 2.05) is 72.9 Å². The lowest BCUT2D eigenvalue weighted by molar-refractivity contribution is 0.967. The van der Waals surface area contributed by atoms with Gasteiger partial charge in [-0.25, -0.2) is 4.52 Å². The highest BCUT2D eigenvalue weighted by atomic mass is 15.3. The molecule has 0 atom stereocenters. The molecule has 3 heterocycles. The van der Waals surface area contributed by atoms with Gasteiger partial charge in [-0.15, -0.1) is 5.10 Å². The maximum atomic E-state index is 4.56. The average Bonchev–Trinajstić information content (AvgIpc) is 3.17. The minimum absolute atomic E-state index is 0.566. The van der Waals surface area contributed by atoms with Gasteiger partial charge < -0.3 is 5.32 Å². The fraction of sp³-hybridized carbons (Fsp3) is 0. The highest BCUT2D eigenvalue weighted by molar-refractivity contribution is 5.66. The molecule has 5 aromatic rings. The largest absolute Gasteiger partial charge is 0.323 e. The number of nitrogens with one attached hydrogen (secondary N) is 1. The number of anilines is 2. The number of nitrogens with zero attached hydrogens (tertiary/aromatic N) is 4. The molecule has 3 aromatic heterocycles. The van der Waals surface area contributed by atoms with Gasteiger partial charge in [-0.2, -0.15) is 4.98 Å². The lowest BCUT2D eigenvalue weighted by atomic mass is 10.1. The molecule has 0 radical (unpaired) electrons. The average molecular weight is 363 g/mol. The quantitative estimate of drug-likeness (QED) is 0.477. The molecule has 5 heteroatoms. The van der Waals surface area contributed by atoms with Gasteiger partial charge in [0.2, 0.25) is 5.95 Å². The van der Waals surface area contributed by atoms with E-state index in [9.17, 15) is 0 Å². The summed E-state index contributed by atoms with van der Waals surface area (Å²) < 4.78 is 1.80. The molecular formula is C23H17N5. The number of rotatable bonds is 4. The van der Waals surface area contributed by atoms with Crippen molar-refractivity contribution >= 4 is 17.3 Å². The molecular weight excluding hydrogens is 346 g/mol. The Morgan fingerprint density at radius 3 is 2.25 bits per heavy atom. The highest BCUT2D eigenvalue weighted by Crippen LogP contribution is 2.22. The summed E-state index contributed by atoms with van der Waals surface area (Å²) >= 11 is 0. The number of pyridine rings is 2. The molecule has 0 aliphatic carbocycles. The van der Waals surface area contributed by atoms with Crippen LogP contribution >= 0.6 is 0 Å². The number of fused-ring (bicyclic) bond motifs is 1. The summed E-state index contributed by atoms with van der Waals surface area (Å²) in [6, 6.07) is 28.3. The van der Waals surface area contributed by atoms with Crippen molar-refractivity contribution in [2.24, 2.45) is 0 Å². The fourth-order valence-corrected chi connectivity index (χ4v) is 3.12. The molecule has 5 rings (SSSR count). The summed E-state index contributed by atoms with van der Waals surface area (Å²) in [5.41, 5.74) is 6.00. The molecule has 5 nitrogen and oxygen atoms in total. The van der Waals surface area contributed by atoms with Crippen molar-refractivity contribution in [3.05, 3.63) is 97.3 Å². The first-order chi connectivity index (χ1) is 13.8. The van der Waals surface area contributed by atoms with Crippen molar-refractivity contribution in [3.8, 4) is 22.4 Å². The molecule has 134 valence electrons. The van der Waals surface area contributed by atoms with E-state index in [0.29, 0.717) is 5.95 Å². The fourth-order valence-electron chi connectivity index (χ4n) is 3.12. The second-order valence-corrected chi connectivity index (χ2v) is 6.44. The SMILES string of the molecule is c1ccc(-c2ccc3nc(Nc4ccc(-c5ccccn5)cc4)nn3c2)cc1. The van der Waals surface area contributed by atoms with Gasteiger partial charge in [0.05, 0.1) is 5.69 Å². The smallest absolute Gasteiger partial charge is 0.247 e. The molecule has 0 fully saturated rings. The van der Waals surface area contributed by atoms with Crippen LogP contribution in [-0.2, 0) is 0 Å². The van der Waals surface area contributed by atoms with E-state index in [4.69, 9.17) is 0 Å². The Balaban J connectivity index is 1.39. The first kappa shape index (κ1) is 16.2. The third-order valence-corrected chi connectivity index (χ3v) is 4.54. The van der Waals surface area contributed by atoms with Gasteiger partial charge in [-0.05, 0) is 42.0 Å². The van der Waals surface area contributed by atoms with E-state index >= 15 is 0 Å². The predicted octanol–water partition coefficient (Wildman–Crippen LogP) is 5.20. The summed E-state index contributed by atoms with van der Waals surface area (Å²) in [7, 11) is 0. The summed E-state index contributed by atoms with van der Waals surface area (Å²) in [6.07, 6.45) is 3.79. The van der Waals surface area contributed by atoms with Crippen LogP contribution < -0.4 is 5.32 Å². The van der Waals surface area contributed by atoms with Gasteiger partial charge in [-0.3, -0.25) is 4.98 Å². The van der Waals surface area contributed by atoms with Gasteiger partial charge in [0.25, 0.3) is 0 Å².